The molecule has 0 saturated heterocycles. The molecule has 1 atom stereocenters. The molecule has 3 rings (SSSR count). The smallest absolute Gasteiger partial charge is 0.253 e. The third-order valence-electron chi connectivity index (χ3n) is 3.57. The van der Waals surface area contributed by atoms with E-state index in [1.54, 1.807) is 17.6 Å². The van der Waals surface area contributed by atoms with Crippen molar-refractivity contribution in [3.8, 4) is 5.75 Å². The van der Waals surface area contributed by atoms with Crippen molar-refractivity contribution < 1.29 is 9.53 Å². The molecule has 1 heterocycles. The van der Waals surface area contributed by atoms with Gasteiger partial charge < -0.3 is 4.74 Å². The van der Waals surface area contributed by atoms with Gasteiger partial charge in [-0.2, -0.15) is 5.10 Å². The lowest BCUT2D eigenvalue weighted by Crippen LogP contribution is -2.26. The Balaban J connectivity index is 1.61. The van der Waals surface area contributed by atoms with Gasteiger partial charge in [-0.1, -0.05) is 39.8 Å². The molecule has 8 heteroatoms. The number of fused-ring (bicyclic) bond motifs is 1. The topological polar surface area (TPSA) is 63.6 Å². The quantitative estimate of drug-likeness (QED) is 0.301. The number of thiazole rings is 1. The molecule has 0 aliphatic rings. The van der Waals surface area contributed by atoms with Gasteiger partial charge in [-0.25, -0.2) is 10.4 Å². The fourth-order valence-corrected chi connectivity index (χ4v) is 4.85. The monoisotopic (exact) mass is 463 g/mol. The van der Waals surface area contributed by atoms with Gasteiger partial charge in [0.25, 0.3) is 5.91 Å². The number of rotatable bonds is 7. The zero-order valence-electron chi connectivity index (χ0n) is 14.8. The molecule has 0 saturated carbocycles. The van der Waals surface area contributed by atoms with Crippen LogP contribution in [0.2, 0.25) is 0 Å². The summed E-state index contributed by atoms with van der Waals surface area (Å²) in [5.74, 6) is 0.541. The second kappa shape index (κ2) is 9.34. The average molecular weight is 464 g/mol. The summed E-state index contributed by atoms with van der Waals surface area (Å²) < 4.78 is 8.47. The van der Waals surface area contributed by atoms with Crippen molar-refractivity contribution in [2.45, 2.75) is 23.4 Å². The lowest BCUT2D eigenvalue weighted by Gasteiger charge is -2.08. The van der Waals surface area contributed by atoms with Crippen LogP contribution in [0, 0.1) is 0 Å². The first-order chi connectivity index (χ1) is 13.1. The first-order valence-electron chi connectivity index (χ1n) is 8.34. The minimum atomic E-state index is -0.309. The lowest BCUT2D eigenvalue weighted by atomic mass is 10.2. The zero-order chi connectivity index (χ0) is 19.2. The summed E-state index contributed by atoms with van der Waals surface area (Å²) in [5.41, 5.74) is 4.33. The highest BCUT2D eigenvalue weighted by molar-refractivity contribution is 9.10. The molecule has 0 bridgehead atoms. The molecule has 2 aromatic carbocycles. The standard InChI is InChI=1S/C19H18BrN3O2S2/c1-3-25-16-9-8-14(20)10-13(16)11-21-23-18(24)12(2)26-19-22-15-6-4-5-7-17(15)27-19/h4-12H,3H2,1-2H3,(H,23,24). The first kappa shape index (κ1) is 19.9. The maximum atomic E-state index is 12.3. The molecule has 0 aliphatic heterocycles. The number of hydrazone groups is 1. The van der Waals surface area contributed by atoms with Crippen LogP contribution < -0.4 is 10.2 Å². The van der Waals surface area contributed by atoms with Crippen LogP contribution in [0.15, 0.2) is 56.4 Å². The number of ether oxygens (including phenoxy) is 1. The molecular weight excluding hydrogens is 446 g/mol. The summed E-state index contributed by atoms with van der Waals surface area (Å²) >= 11 is 6.44. The molecule has 5 nitrogen and oxygen atoms in total. The summed E-state index contributed by atoms with van der Waals surface area (Å²) in [6, 6.07) is 13.6. The van der Waals surface area contributed by atoms with E-state index in [1.807, 2.05) is 56.3 Å². The van der Waals surface area contributed by atoms with E-state index in [1.165, 1.54) is 11.8 Å². The van der Waals surface area contributed by atoms with Crippen molar-refractivity contribution in [2.24, 2.45) is 5.10 Å². The molecular formula is C19H18BrN3O2S2. The van der Waals surface area contributed by atoms with Crippen LogP contribution in [-0.4, -0.2) is 29.0 Å². The molecule has 140 valence electrons. The van der Waals surface area contributed by atoms with Crippen LogP contribution in [0.5, 0.6) is 5.75 Å². The third-order valence-corrected chi connectivity index (χ3v) is 6.29. The van der Waals surface area contributed by atoms with Crippen LogP contribution in [0.1, 0.15) is 19.4 Å². The van der Waals surface area contributed by atoms with Gasteiger partial charge >= 0.3 is 0 Å². The number of carbonyl (C=O) groups is 1. The Morgan fingerprint density at radius 2 is 2.22 bits per heavy atom. The number of halogens is 1. The summed E-state index contributed by atoms with van der Waals surface area (Å²) in [4.78, 5) is 16.9. The van der Waals surface area contributed by atoms with Crippen molar-refractivity contribution >= 4 is 61.4 Å². The predicted octanol–water partition coefficient (Wildman–Crippen LogP) is 5.09. The van der Waals surface area contributed by atoms with Crippen LogP contribution in [0.3, 0.4) is 0 Å². The second-order valence-electron chi connectivity index (χ2n) is 5.56. The van der Waals surface area contributed by atoms with Crippen LogP contribution >= 0.6 is 39.0 Å². The number of amides is 1. The maximum Gasteiger partial charge on any atom is 0.253 e. The van der Waals surface area contributed by atoms with E-state index >= 15 is 0 Å². The number of thioether (sulfide) groups is 1. The molecule has 1 N–H and O–H groups in total. The Bertz CT molecular complexity index is 941. The van der Waals surface area contributed by atoms with E-state index in [0.29, 0.717) is 6.61 Å². The molecule has 0 fully saturated rings. The van der Waals surface area contributed by atoms with Gasteiger partial charge in [0.05, 0.1) is 28.3 Å². The number of carbonyl (C=O) groups excluding carboxylic acids is 1. The summed E-state index contributed by atoms with van der Waals surface area (Å²) in [6.07, 6.45) is 1.59. The summed E-state index contributed by atoms with van der Waals surface area (Å²) in [6.45, 7) is 4.32. The zero-order valence-corrected chi connectivity index (χ0v) is 18.0. The molecule has 0 spiro atoms. The maximum absolute atomic E-state index is 12.3. The number of hydrogen-bond donors (Lipinski definition) is 1. The van der Waals surface area contributed by atoms with Crippen molar-refractivity contribution in [1.82, 2.24) is 10.4 Å². The number of hydrogen-bond acceptors (Lipinski definition) is 6. The number of para-hydroxylation sites is 1. The molecule has 3 aromatic rings. The molecule has 27 heavy (non-hydrogen) atoms. The van der Waals surface area contributed by atoms with Crippen molar-refractivity contribution in [3.63, 3.8) is 0 Å². The fourth-order valence-electron chi connectivity index (χ4n) is 2.27. The van der Waals surface area contributed by atoms with Gasteiger partial charge in [-0.15, -0.1) is 11.3 Å². The largest absolute Gasteiger partial charge is 0.493 e. The van der Waals surface area contributed by atoms with Crippen LogP contribution in [0.25, 0.3) is 10.2 Å². The van der Waals surface area contributed by atoms with Crippen molar-refractivity contribution in [2.75, 3.05) is 6.61 Å². The number of nitrogens with one attached hydrogen (secondary N) is 1. The number of aromatic nitrogens is 1. The Kier molecular flexibility index (Phi) is 6.87. The lowest BCUT2D eigenvalue weighted by molar-refractivity contribution is -0.120. The van der Waals surface area contributed by atoms with Crippen molar-refractivity contribution in [3.05, 3.63) is 52.5 Å². The van der Waals surface area contributed by atoms with E-state index < -0.39 is 0 Å². The van der Waals surface area contributed by atoms with E-state index in [2.05, 4.69) is 31.4 Å². The van der Waals surface area contributed by atoms with Gasteiger partial charge in [0.15, 0.2) is 4.34 Å². The van der Waals surface area contributed by atoms with E-state index in [4.69, 9.17) is 4.74 Å². The van der Waals surface area contributed by atoms with Crippen LogP contribution in [0.4, 0.5) is 0 Å². The second-order valence-corrected chi connectivity index (χ2v) is 9.09. The van der Waals surface area contributed by atoms with E-state index in [0.717, 1.165) is 30.3 Å². The minimum absolute atomic E-state index is 0.177. The number of benzene rings is 2. The fraction of sp³-hybridized carbons (Fsp3) is 0.211. The normalized spacial score (nSPS) is 12.4. The highest BCUT2D eigenvalue weighted by atomic mass is 79.9. The Morgan fingerprint density at radius 1 is 1.41 bits per heavy atom. The Hall–Kier alpha value is -1.90. The van der Waals surface area contributed by atoms with Gasteiger partial charge in [0.2, 0.25) is 0 Å². The highest BCUT2D eigenvalue weighted by Crippen LogP contribution is 2.31. The van der Waals surface area contributed by atoms with Gasteiger partial charge in [0.1, 0.15) is 5.75 Å². The van der Waals surface area contributed by atoms with Crippen LogP contribution in [-0.2, 0) is 4.79 Å². The Morgan fingerprint density at radius 3 is 3.00 bits per heavy atom. The first-order valence-corrected chi connectivity index (χ1v) is 10.8. The third kappa shape index (κ3) is 5.31. The molecule has 1 unspecified atom stereocenters. The minimum Gasteiger partial charge on any atom is -0.493 e. The van der Waals surface area contributed by atoms with E-state index in [-0.39, 0.29) is 11.2 Å². The van der Waals surface area contributed by atoms with Crippen molar-refractivity contribution in [1.29, 1.82) is 0 Å². The highest BCUT2D eigenvalue weighted by Gasteiger charge is 2.16. The molecule has 0 aliphatic carbocycles. The molecule has 1 aromatic heterocycles. The molecule has 1 amide bonds. The molecule has 0 radical (unpaired) electrons. The SMILES string of the molecule is CCOc1ccc(Br)cc1C=NNC(=O)C(C)Sc1nc2ccccc2s1. The Labute approximate surface area is 174 Å². The summed E-state index contributed by atoms with van der Waals surface area (Å²) in [7, 11) is 0. The predicted molar refractivity (Wildman–Crippen MR) is 116 cm³/mol. The van der Waals surface area contributed by atoms with Gasteiger partial charge in [-0.05, 0) is 44.2 Å². The van der Waals surface area contributed by atoms with E-state index in [9.17, 15) is 4.79 Å². The summed E-state index contributed by atoms with van der Waals surface area (Å²) in [5, 5.41) is 3.77. The average Bonchev–Trinajstić information content (AvgIpc) is 3.06. The van der Waals surface area contributed by atoms with Gasteiger partial charge in [-0.3, -0.25) is 4.79 Å². The number of nitrogens with zero attached hydrogens (tertiary/aromatic N) is 2. The van der Waals surface area contributed by atoms with Gasteiger partial charge in [0, 0.05) is 10.0 Å².